The lowest BCUT2D eigenvalue weighted by molar-refractivity contribution is -0.136. The van der Waals surface area contributed by atoms with Crippen LogP contribution in [0.3, 0.4) is 0 Å². The van der Waals surface area contributed by atoms with Gasteiger partial charge in [0.15, 0.2) is 0 Å². The van der Waals surface area contributed by atoms with Crippen molar-refractivity contribution in [1.29, 1.82) is 0 Å². The monoisotopic (exact) mass is 368 g/mol. The Morgan fingerprint density at radius 3 is 2.59 bits per heavy atom. The van der Waals surface area contributed by atoms with E-state index in [1.54, 1.807) is 0 Å². The van der Waals surface area contributed by atoms with E-state index in [9.17, 15) is 9.59 Å². The molecule has 2 aromatic rings. The van der Waals surface area contributed by atoms with Crippen molar-refractivity contribution in [3.05, 3.63) is 36.0 Å². The Morgan fingerprint density at radius 1 is 1.07 bits per heavy atom. The lowest BCUT2D eigenvalue weighted by Gasteiger charge is -2.38. The highest BCUT2D eigenvalue weighted by molar-refractivity contribution is 5.98. The second kappa shape index (κ2) is 7.72. The molecule has 2 amide bonds. The molecule has 0 bridgehead atoms. The number of hydrogen-bond acceptors (Lipinski definition) is 3. The van der Waals surface area contributed by atoms with Gasteiger partial charge in [-0.2, -0.15) is 0 Å². The third-order valence-electron chi connectivity index (χ3n) is 5.90. The highest BCUT2D eigenvalue weighted by Crippen LogP contribution is 2.18. The van der Waals surface area contributed by atoms with Crippen LogP contribution < -0.4 is 0 Å². The molecular formula is C21H28N4O2. The van der Waals surface area contributed by atoms with Gasteiger partial charge >= 0.3 is 0 Å². The van der Waals surface area contributed by atoms with E-state index in [2.05, 4.69) is 16.8 Å². The van der Waals surface area contributed by atoms with E-state index < -0.39 is 0 Å². The number of para-hydroxylation sites is 1. The van der Waals surface area contributed by atoms with Gasteiger partial charge in [-0.15, -0.1) is 0 Å². The molecule has 1 N–H and O–H groups in total. The maximum atomic E-state index is 12.8. The number of amides is 2. The van der Waals surface area contributed by atoms with Crippen LogP contribution in [0.25, 0.3) is 10.9 Å². The van der Waals surface area contributed by atoms with Crippen LogP contribution >= 0.6 is 0 Å². The minimum Gasteiger partial charge on any atom is -0.351 e. The maximum Gasteiger partial charge on any atom is 0.270 e. The van der Waals surface area contributed by atoms with Crippen molar-refractivity contribution < 1.29 is 9.59 Å². The number of carbonyl (C=O) groups is 2. The molecule has 0 radical (unpaired) electrons. The summed E-state index contributed by atoms with van der Waals surface area (Å²) < 4.78 is 0. The molecule has 1 atom stereocenters. The fourth-order valence-corrected chi connectivity index (χ4v) is 4.22. The molecule has 3 heterocycles. The van der Waals surface area contributed by atoms with Crippen molar-refractivity contribution in [3.63, 3.8) is 0 Å². The van der Waals surface area contributed by atoms with Gasteiger partial charge in [0.2, 0.25) is 5.91 Å². The number of aromatic amines is 1. The first kappa shape index (κ1) is 18.0. The number of aromatic nitrogens is 1. The van der Waals surface area contributed by atoms with Gasteiger partial charge in [-0.25, -0.2) is 0 Å². The van der Waals surface area contributed by atoms with Crippen molar-refractivity contribution in [2.24, 2.45) is 0 Å². The van der Waals surface area contributed by atoms with Crippen LogP contribution in [0.15, 0.2) is 30.3 Å². The number of hydrogen-bond donors (Lipinski definition) is 1. The van der Waals surface area contributed by atoms with Gasteiger partial charge in [0.1, 0.15) is 5.69 Å². The molecule has 0 spiro atoms. The van der Waals surface area contributed by atoms with Crippen molar-refractivity contribution >= 4 is 22.7 Å². The summed E-state index contributed by atoms with van der Waals surface area (Å²) in [7, 11) is 0. The summed E-state index contributed by atoms with van der Waals surface area (Å²) in [6.45, 7) is 6.33. The first-order chi connectivity index (χ1) is 13.1. The standard InChI is InChI=1S/C21H28N4O2/c1-16-6-4-5-9-25(16)20(26)15-23-10-12-24(13-11-23)21(27)19-14-17-7-2-3-8-18(17)22-19/h2-3,7-8,14,16,22H,4-6,9-13,15H2,1H3. The Morgan fingerprint density at radius 2 is 1.85 bits per heavy atom. The number of H-pyrrole nitrogens is 1. The molecule has 6 heteroatoms. The molecular weight excluding hydrogens is 340 g/mol. The van der Waals surface area contributed by atoms with Gasteiger partial charge in [0.25, 0.3) is 5.91 Å². The second-order valence-corrected chi connectivity index (χ2v) is 7.77. The lowest BCUT2D eigenvalue weighted by atomic mass is 10.0. The Kier molecular flexibility index (Phi) is 5.16. The van der Waals surface area contributed by atoms with E-state index in [1.165, 1.54) is 6.42 Å². The molecule has 1 unspecified atom stereocenters. The van der Waals surface area contributed by atoms with Crippen LogP contribution in [0.4, 0.5) is 0 Å². The average molecular weight is 368 g/mol. The zero-order chi connectivity index (χ0) is 18.8. The van der Waals surface area contributed by atoms with E-state index in [0.717, 1.165) is 43.4 Å². The number of nitrogens with one attached hydrogen (secondary N) is 1. The minimum absolute atomic E-state index is 0.0434. The van der Waals surface area contributed by atoms with Gasteiger partial charge in [0, 0.05) is 49.7 Å². The Hall–Kier alpha value is -2.34. The molecule has 144 valence electrons. The smallest absolute Gasteiger partial charge is 0.270 e. The molecule has 0 aliphatic carbocycles. The fourth-order valence-electron chi connectivity index (χ4n) is 4.22. The molecule has 1 aromatic heterocycles. The van der Waals surface area contributed by atoms with Gasteiger partial charge in [-0.1, -0.05) is 18.2 Å². The van der Waals surface area contributed by atoms with Crippen molar-refractivity contribution in [2.75, 3.05) is 39.3 Å². The summed E-state index contributed by atoms with van der Waals surface area (Å²) in [6.07, 6.45) is 3.45. The number of benzene rings is 1. The van der Waals surface area contributed by atoms with E-state index >= 15 is 0 Å². The number of rotatable bonds is 3. The number of carbonyl (C=O) groups excluding carboxylic acids is 2. The summed E-state index contributed by atoms with van der Waals surface area (Å²) >= 11 is 0. The number of fused-ring (bicyclic) bond motifs is 1. The minimum atomic E-state index is 0.0434. The number of likely N-dealkylation sites (tertiary alicyclic amines) is 1. The SMILES string of the molecule is CC1CCCCN1C(=O)CN1CCN(C(=O)c2cc3ccccc3[nH]2)CC1. The predicted octanol–water partition coefficient (Wildman–Crippen LogP) is 2.33. The topological polar surface area (TPSA) is 59.7 Å². The molecule has 1 aromatic carbocycles. The molecule has 2 aliphatic rings. The quantitative estimate of drug-likeness (QED) is 0.905. The van der Waals surface area contributed by atoms with E-state index in [4.69, 9.17) is 0 Å². The molecule has 2 saturated heterocycles. The van der Waals surface area contributed by atoms with E-state index in [1.807, 2.05) is 40.1 Å². The normalized spacial score (nSPS) is 21.6. The highest BCUT2D eigenvalue weighted by Gasteiger charge is 2.28. The zero-order valence-corrected chi connectivity index (χ0v) is 16.0. The van der Waals surface area contributed by atoms with Crippen molar-refractivity contribution in [1.82, 2.24) is 19.7 Å². The molecule has 0 saturated carbocycles. The van der Waals surface area contributed by atoms with Crippen molar-refractivity contribution in [2.45, 2.75) is 32.2 Å². The summed E-state index contributed by atoms with van der Waals surface area (Å²) in [6, 6.07) is 10.2. The van der Waals surface area contributed by atoms with Gasteiger partial charge in [0.05, 0.1) is 6.54 Å². The Balaban J connectivity index is 1.31. The third-order valence-corrected chi connectivity index (χ3v) is 5.90. The van der Waals surface area contributed by atoms with Crippen LogP contribution in [0.2, 0.25) is 0 Å². The molecule has 27 heavy (non-hydrogen) atoms. The van der Waals surface area contributed by atoms with Crippen LogP contribution in [0.5, 0.6) is 0 Å². The fraction of sp³-hybridized carbons (Fsp3) is 0.524. The van der Waals surface area contributed by atoms with Crippen LogP contribution in [-0.2, 0) is 4.79 Å². The first-order valence-corrected chi connectivity index (χ1v) is 10.0. The Bertz CT molecular complexity index is 789. The van der Waals surface area contributed by atoms with Crippen molar-refractivity contribution in [3.8, 4) is 0 Å². The number of nitrogens with zero attached hydrogens (tertiary/aromatic N) is 3. The predicted molar refractivity (Wildman–Crippen MR) is 106 cm³/mol. The molecule has 6 nitrogen and oxygen atoms in total. The van der Waals surface area contributed by atoms with Crippen LogP contribution in [-0.4, -0.2) is 76.8 Å². The average Bonchev–Trinajstić information content (AvgIpc) is 3.12. The highest BCUT2D eigenvalue weighted by atomic mass is 16.2. The molecule has 2 aliphatic heterocycles. The lowest BCUT2D eigenvalue weighted by Crippen LogP contribution is -2.53. The number of piperazine rings is 1. The number of piperidine rings is 1. The van der Waals surface area contributed by atoms with E-state index in [-0.39, 0.29) is 11.8 Å². The maximum absolute atomic E-state index is 12.8. The van der Waals surface area contributed by atoms with Crippen LogP contribution in [0, 0.1) is 0 Å². The second-order valence-electron chi connectivity index (χ2n) is 7.77. The first-order valence-electron chi connectivity index (χ1n) is 10.0. The summed E-state index contributed by atoms with van der Waals surface area (Å²) in [5, 5.41) is 1.06. The van der Waals surface area contributed by atoms with Gasteiger partial charge in [-0.3, -0.25) is 14.5 Å². The Labute approximate surface area is 160 Å². The molecule has 2 fully saturated rings. The summed E-state index contributed by atoms with van der Waals surface area (Å²) in [4.78, 5) is 34.7. The molecule has 4 rings (SSSR count). The van der Waals surface area contributed by atoms with Gasteiger partial charge in [-0.05, 0) is 38.3 Å². The van der Waals surface area contributed by atoms with E-state index in [0.29, 0.717) is 31.4 Å². The van der Waals surface area contributed by atoms with Crippen LogP contribution in [0.1, 0.15) is 36.7 Å². The zero-order valence-electron chi connectivity index (χ0n) is 16.0. The largest absolute Gasteiger partial charge is 0.351 e. The summed E-state index contributed by atoms with van der Waals surface area (Å²) in [5.74, 6) is 0.277. The third kappa shape index (κ3) is 3.86. The summed E-state index contributed by atoms with van der Waals surface area (Å²) in [5.41, 5.74) is 1.63. The van der Waals surface area contributed by atoms with Gasteiger partial charge < -0.3 is 14.8 Å².